The van der Waals surface area contributed by atoms with Gasteiger partial charge in [0.2, 0.25) is 0 Å². The Hall–Kier alpha value is -0.430. The van der Waals surface area contributed by atoms with Gasteiger partial charge in [0, 0.05) is 12.6 Å². The second-order valence-corrected chi connectivity index (χ2v) is 8.31. The highest BCUT2D eigenvalue weighted by atomic mass is 35.5. The Balaban J connectivity index is 2.38. The fraction of sp³-hybridized carbons (Fsp3) is 0.583. The Bertz CT molecular complexity index is 562. The van der Waals surface area contributed by atoms with Crippen molar-refractivity contribution in [1.82, 2.24) is 9.29 Å². The van der Waals surface area contributed by atoms with Gasteiger partial charge in [-0.25, -0.2) is 13.4 Å². The minimum atomic E-state index is -3.52. The summed E-state index contributed by atoms with van der Waals surface area (Å²) in [5, 5.41) is 0. The summed E-state index contributed by atoms with van der Waals surface area (Å²) in [5.74, 6) is 0. The molecule has 1 aliphatic rings. The van der Waals surface area contributed by atoms with Gasteiger partial charge in [-0.1, -0.05) is 41.9 Å². The van der Waals surface area contributed by atoms with Crippen LogP contribution >= 0.6 is 22.9 Å². The van der Waals surface area contributed by atoms with Crippen molar-refractivity contribution in [3.05, 3.63) is 22.8 Å². The molecule has 1 aromatic rings. The van der Waals surface area contributed by atoms with Gasteiger partial charge in [-0.2, -0.15) is 4.31 Å². The highest BCUT2D eigenvalue weighted by molar-refractivity contribution is 7.91. The molecule has 7 heteroatoms. The van der Waals surface area contributed by atoms with Crippen LogP contribution in [0.5, 0.6) is 0 Å². The van der Waals surface area contributed by atoms with E-state index in [2.05, 4.69) is 11.6 Å². The predicted molar refractivity (Wildman–Crippen MR) is 78.2 cm³/mol. The van der Waals surface area contributed by atoms with Gasteiger partial charge in [-0.15, -0.1) is 6.58 Å². The second-order valence-electron chi connectivity index (χ2n) is 4.64. The van der Waals surface area contributed by atoms with E-state index < -0.39 is 10.0 Å². The zero-order valence-electron chi connectivity index (χ0n) is 10.8. The summed E-state index contributed by atoms with van der Waals surface area (Å²) in [7, 11) is -3.52. The number of aromatic nitrogens is 1. The molecule has 1 aliphatic carbocycles. The van der Waals surface area contributed by atoms with Crippen LogP contribution in [0.4, 0.5) is 0 Å². The number of rotatable bonds is 5. The van der Waals surface area contributed by atoms with Crippen LogP contribution in [0, 0.1) is 6.92 Å². The van der Waals surface area contributed by atoms with Crippen molar-refractivity contribution < 1.29 is 8.42 Å². The van der Waals surface area contributed by atoms with Crippen LogP contribution in [0.1, 0.15) is 31.4 Å². The molecule has 1 saturated carbocycles. The molecule has 4 nitrogen and oxygen atoms in total. The van der Waals surface area contributed by atoms with Gasteiger partial charge in [0.25, 0.3) is 10.0 Å². The van der Waals surface area contributed by atoms with E-state index >= 15 is 0 Å². The summed E-state index contributed by atoms with van der Waals surface area (Å²) in [4.78, 5) is 4.00. The van der Waals surface area contributed by atoms with Crippen LogP contribution in [0.3, 0.4) is 0 Å². The fourth-order valence-electron chi connectivity index (χ4n) is 2.46. The van der Waals surface area contributed by atoms with E-state index in [1.54, 1.807) is 17.3 Å². The molecule has 2 rings (SSSR count). The highest BCUT2D eigenvalue weighted by Gasteiger charge is 2.34. The topological polar surface area (TPSA) is 50.3 Å². The molecule has 0 N–H and O–H groups in total. The number of sulfonamides is 1. The van der Waals surface area contributed by atoms with E-state index in [1.165, 1.54) is 0 Å². The van der Waals surface area contributed by atoms with Crippen LogP contribution in [0.15, 0.2) is 16.9 Å². The third-order valence-corrected chi connectivity index (χ3v) is 7.08. The predicted octanol–water partition coefficient (Wildman–Crippen LogP) is 3.22. The third kappa shape index (κ3) is 3.02. The molecule has 0 atom stereocenters. The lowest BCUT2D eigenvalue weighted by Gasteiger charge is -2.26. The smallest absolute Gasteiger partial charge is 0.229 e. The van der Waals surface area contributed by atoms with Gasteiger partial charge < -0.3 is 0 Å². The Morgan fingerprint density at radius 1 is 1.53 bits per heavy atom. The van der Waals surface area contributed by atoms with Gasteiger partial charge in [0.15, 0.2) is 8.68 Å². The van der Waals surface area contributed by atoms with Crippen molar-refractivity contribution in [3.8, 4) is 0 Å². The van der Waals surface area contributed by atoms with Crippen molar-refractivity contribution in [2.24, 2.45) is 0 Å². The van der Waals surface area contributed by atoms with Gasteiger partial charge in [-0.05, 0) is 19.8 Å². The molecule has 0 radical (unpaired) electrons. The first-order valence-corrected chi connectivity index (χ1v) is 8.86. The lowest BCUT2D eigenvalue weighted by molar-refractivity contribution is 0.348. The quantitative estimate of drug-likeness (QED) is 0.783. The maximum Gasteiger partial charge on any atom is 0.255 e. The molecule has 0 unspecified atom stereocenters. The van der Waals surface area contributed by atoms with E-state index in [9.17, 15) is 8.42 Å². The number of aryl methyl sites for hydroxylation is 1. The van der Waals surface area contributed by atoms with Gasteiger partial charge in [-0.3, -0.25) is 0 Å². The van der Waals surface area contributed by atoms with E-state index in [1.807, 2.05) is 0 Å². The largest absolute Gasteiger partial charge is 0.255 e. The lowest BCUT2D eigenvalue weighted by atomic mass is 10.2. The first kappa shape index (κ1) is 15.0. The maximum atomic E-state index is 12.7. The molecule has 0 bridgehead atoms. The first-order valence-electron chi connectivity index (χ1n) is 6.22. The number of hydrogen-bond donors (Lipinski definition) is 0. The molecule has 106 valence electrons. The number of nitrogens with zero attached hydrogens (tertiary/aromatic N) is 2. The molecular weight excluding hydrogens is 304 g/mol. The number of halogens is 1. The first-order chi connectivity index (χ1) is 8.96. The Morgan fingerprint density at radius 2 is 2.16 bits per heavy atom. The maximum absolute atomic E-state index is 12.7. The standard InChI is InChI=1S/C12H17ClN2O2S2/c1-3-8-15(10-6-4-5-7-10)19(16,17)11-9(2)14-12(13)18-11/h3,10H,1,4-8H2,2H3. The second kappa shape index (κ2) is 5.91. The summed E-state index contributed by atoms with van der Waals surface area (Å²) in [6.07, 6.45) is 5.62. The van der Waals surface area contributed by atoms with Gasteiger partial charge >= 0.3 is 0 Å². The van der Waals surface area contributed by atoms with Crippen LogP contribution in [0.2, 0.25) is 4.47 Å². The number of thiazole rings is 1. The van der Waals surface area contributed by atoms with E-state index in [0.29, 0.717) is 12.2 Å². The molecule has 1 aromatic heterocycles. The molecule has 1 fully saturated rings. The van der Waals surface area contributed by atoms with Crippen molar-refractivity contribution in [2.75, 3.05) is 6.54 Å². The van der Waals surface area contributed by atoms with Crippen molar-refractivity contribution in [2.45, 2.75) is 42.9 Å². The summed E-state index contributed by atoms with van der Waals surface area (Å²) in [6, 6.07) is 0.0725. The van der Waals surface area contributed by atoms with Crippen LogP contribution in [0.25, 0.3) is 0 Å². The Morgan fingerprint density at radius 3 is 2.63 bits per heavy atom. The fourth-order valence-corrected chi connectivity index (χ4v) is 5.97. The van der Waals surface area contributed by atoms with E-state index in [4.69, 9.17) is 11.6 Å². The highest BCUT2D eigenvalue weighted by Crippen LogP contribution is 2.33. The zero-order valence-corrected chi connectivity index (χ0v) is 13.2. The molecule has 0 aromatic carbocycles. The van der Waals surface area contributed by atoms with Gasteiger partial charge in [0.05, 0.1) is 5.69 Å². The van der Waals surface area contributed by atoms with Crippen molar-refractivity contribution >= 4 is 33.0 Å². The molecule has 0 spiro atoms. The summed E-state index contributed by atoms with van der Waals surface area (Å²) in [5.41, 5.74) is 0.474. The molecule has 1 heterocycles. The summed E-state index contributed by atoms with van der Waals surface area (Å²) >= 11 is 6.84. The number of hydrogen-bond acceptors (Lipinski definition) is 4. The van der Waals surface area contributed by atoms with E-state index in [-0.39, 0.29) is 14.7 Å². The molecular formula is C12H17ClN2O2S2. The van der Waals surface area contributed by atoms with E-state index in [0.717, 1.165) is 37.0 Å². The minimum Gasteiger partial charge on any atom is -0.229 e. The summed E-state index contributed by atoms with van der Waals surface area (Å²) in [6.45, 7) is 5.67. The Labute approximate surface area is 123 Å². The normalized spacial score (nSPS) is 17.2. The molecule has 19 heavy (non-hydrogen) atoms. The molecule has 0 saturated heterocycles. The van der Waals surface area contributed by atoms with Gasteiger partial charge in [0.1, 0.15) is 0 Å². The van der Waals surface area contributed by atoms with Crippen LogP contribution in [-0.4, -0.2) is 30.3 Å². The minimum absolute atomic E-state index is 0.0725. The zero-order chi connectivity index (χ0) is 14.0. The molecule has 0 aliphatic heterocycles. The monoisotopic (exact) mass is 320 g/mol. The van der Waals surface area contributed by atoms with Crippen LogP contribution < -0.4 is 0 Å². The molecule has 0 amide bonds. The SMILES string of the molecule is C=CCN(C1CCCC1)S(=O)(=O)c1sc(Cl)nc1C. The summed E-state index contributed by atoms with van der Waals surface area (Å²) < 4.78 is 27.5. The Kier molecular flexibility index (Phi) is 4.66. The van der Waals surface area contributed by atoms with Crippen LogP contribution in [-0.2, 0) is 10.0 Å². The lowest BCUT2D eigenvalue weighted by Crippen LogP contribution is -2.38. The average Bonchev–Trinajstić information content (AvgIpc) is 2.95. The average molecular weight is 321 g/mol. The third-order valence-electron chi connectivity index (χ3n) is 3.31. The van der Waals surface area contributed by atoms with Crippen molar-refractivity contribution in [3.63, 3.8) is 0 Å². The van der Waals surface area contributed by atoms with Crippen molar-refractivity contribution in [1.29, 1.82) is 0 Å².